The Kier molecular flexibility index (Phi) is 4.19. The number of anilines is 1. The summed E-state index contributed by atoms with van der Waals surface area (Å²) in [6, 6.07) is 2.19. The molecule has 2 aliphatic rings. The molecule has 3 rings (SSSR count). The summed E-state index contributed by atoms with van der Waals surface area (Å²) >= 11 is 6.10. The topological polar surface area (TPSA) is 105 Å². The van der Waals surface area contributed by atoms with Gasteiger partial charge in [0.2, 0.25) is 17.7 Å². The van der Waals surface area contributed by atoms with Crippen molar-refractivity contribution in [3.05, 3.63) is 28.8 Å². The molecule has 1 aromatic carbocycles. The molecule has 3 amide bonds. The number of alkyl halides is 1. The summed E-state index contributed by atoms with van der Waals surface area (Å²) in [6.07, 6.45) is -0.541. The SMILES string of the molecule is [2H]C([2H])([2H])N[C@@H](CC(C)(C)F)C(=O)N1C[C@]2(C[C@H]1C(N)=O)C(=O)Nc1ccc(Cl)cc12. The summed E-state index contributed by atoms with van der Waals surface area (Å²) in [6.45, 7) is -0.511. The first-order valence-electron chi connectivity index (χ1n) is 10.3. The summed E-state index contributed by atoms with van der Waals surface area (Å²) in [5.41, 5.74) is 3.42. The van der Waals surface area contributed by atoms with Gasteiger partial charge >= 0.3 is 0 Å². The average Bonchev–Trinajstić information content (AvgIpc) is 3.12. The second-order valence-electron chi connectivity index (χ2n) is 7.93. The molecule has 2 heterocycles. The van der Waals surface area contributed by atoms with Crippen molar-refractivity contribution in [2.45, 2.75) is 49.9 Å². The maximum absolute atomic E-state index is 14.4. The highest BCUT2D eigenvalue weighted by Gasteiger charge is 2.57. The molecule has 3 atom stereocenters. The largest absolute Gasteiger partial charge is 0.368 e. The van der Waals surface area contributed by atoms with E-state index in [0.717, 1.165) is 4.90 Å². The van der Waals surface area contributed by atoms with E-state index in [-0.39, 0.29) is 13.0 Å². The van der Waals surface area contributed by atoms with Crippen molar-refractivity contribution in [3.8, 4) is 0 Å². The van der Waals surface area contributed by atoms with E-state index < -0.39 is 54.3 Å². The maximum atomic E-state index is 14.4. The molecule has 1 fully saturated rings. The van der Waals surface area contributed by atoms with Crippen LogP contribution in [-0.2, 0) is 19.8 Å². The first-order chi connectivity index (χ1) is 14.1. The van der Waals surface area contributed by atoms with Gasteiger partial charge in [-0.05, 0) is 51.0 Å². The zero-order valence-electron chi connectivity index (χ0n) is 18.5. The molecular formula is C19H24ClFN4O3. The number of hydrogen-bond donors (Lipinski definition) is 3. The van der Waals surface area contributed by atoms with Gasteiger partial charge in [0.25, 0.3) is 0 Å². The highest BCUT2D eigenvalue weighted by atomic mass is 35.5. The molecule has 4 N–H and O–H groups in total. The average molecular weight is 414 g/mol. The first kappa shape index (κ1) is 16.7. The third kappa shape index (κ3) is 3.46. The third-order valence-corrected chi connectivity index (χ3v) is 5.55. The van der Waals surface area contributed by atoms with Crippen LogP contribution in [0, 0.1) is 0 Å². The fourth-order valence-corrected chi connectivity index (χ4v) is 4.19. The maximum Gasteiger partial charge on any atom is 0.240 e. The number of carbonyl (C=O) groups excluding carboxylic acids is 3. The zero-order valence-corrected chi connectivity index (χ0v) is 16.3. The number of primary amides is 1. The van der Waals surface area contributed by atoms with Crippen molar-refractivity contribution in [2.75, 3.05) is 18.8 Å². The number of amides is 3. The number of fused-ring (bicyclic) bond motifs is 2. The lowest BCUT2D eigenvalue weighted by Gasteiger charge is -2.29. The van der Waals surface area contributed by atoms with Crippen LogP contribution in [0.3, 0.4) is 0 Å². The number of carbonyl (C=O) groups is 3. The van der Waals surface area contributed by atoms with E-state index in [4.69, 9.17) is 21.4 Å². The van der Waals surface area contributed by atoms with Crippen LogP contribution in [-0.4, -0.2) is 53.9 Å². The van der Waals surface area contributed by atoms with Gasteiger partial charge in [0.15, 0.2) is 0 Å². The fraction of sp³-hybridized carbons (Fsp3) is 0.526. The van der Waals surface area contributed by atoms with Gasteiger partial charge in [0.05, 0.1) is 11.5 Å². The Hall–Kier alpha value is -2.19. The van der Waals surface area contributed by atoms with Crippen LogP contribution >= 0.6 is 11.6 Å². The second-order valence-corrected chi connectivity index (χ2v) is 8.37. The normalized spacial score (nSPS) is 27.0. The van der Waals surface area contributed by atoms with E-state index in [1.807, 2.05) is 0 Å². The van der Waals surface area contributed by atoms with E-state index in [1.54, 1.807) is 18.2 Å². The summed E-state index contributed by atoms with van der Waals surface area (Å²) in [5.74, 6) is -2.08. The third-order valence-electron chi connectivity index (χ3n) is 5.31. The van der Waals surface area contributed by atoms with E-state index in [1.165, 1.54) is 13.8 Å². The van der Waals surface area contributed by atoms with Gasteiger partial charge < -0.3 is 21.3 Å². The fourth-order valence-electron chi connectivity index (χ4n) is 4.02. The minimum absolute atomic E-state index is 0.0905. The Morgan fingerprint density at radius 3 is 2.89 bits per heavy atom. The van der Waals surface area contributed by atoms with E-state index in [9.17, 15) is 18.8 Å². The molecule has 0 bridgehead atoms. The van der Waals surface area contributed by atoms with Crippen molar-refractivity contribution in [3.63, 3.8) is 0 Å². The van der Waals surface area contributed by atoms with Crippen molar-refractivity contribution in [1.82, 2.24) is 10.2 Å². The highest BCUT2D eigenvalue weighted by Crippen LogP contribution is 2.47. The molecule has 0 saturated carbocycles. The van der Waals surface area contributed by atoms with Crippen LogP contribution in [0.15, 0.2) is 18.2 Å². The monoisotopic (exact) mass is 413 g/mol. The Morgan fingerprint density at radius 1 is 1.57 bits per heavy atom. The van der Waals surface area contributed by atoms with Crippen LogP contribution in [0.2, 0.25) is 5.02 Å². The van der Waals surface area contributed by atoms with Crippen molar-refractivity contribution in [1.29, 1.82) is 0 Å². The highest BCUT2D eigenvalue weighted by molar-refractivity contribution is 6.31. The number of nitrogens with zero attached hydrogens (tertiary/aromatic N) is 1. The quantitative estimate of drug-likeness (QED) is 0.677. The summed E-state index contributed by atoms with van der Waals surface area (Å²) < 4.78 is 36.7. The molecule has 1 saturated heterocycles. The standard InChI is InChI=1S/C19H24ClFN4O3/c1-18(2,21)7-13(23-3)16(27)25-9-19(8-14(25)15(22)26)11-6-10(20)4-5-12(11)24-17(19)28/h4-6,13-14,23H,7-9H2,1-3H3,(H2,22,26)(H,24,28)/t13-,14-,19-/m0/s1/i3D3. The molecule has 0 aliphatic carbocycles. The van der Waals surface area contributed by atoms with Crippen LogP contribution in [0.1, 0.15) is 36.4 Å². The molecule has 152 valence electrons. The van der Waals surface area contributed by atoms with Gasteiger partial charge in [0, 0.05) is 27.8 Å². The molecule has 0 unspecified atom stereocenters. The molecule has 7 nitrogen and oxygen atoms in total. The molecule has 28 heavy (non-hydrogen) atoms. The molecular weight excluding hydrogens is 387 g/mol. The number of hydrogen-bond acceptors (Lipinski definition) is 4. The first-order valence-corrected chi connectivity index (χ1v) is 9.19. The summed E-state index contributed by atoms with van der Waals surface area (Å²) in [5, 5.41) is 5.26. The lowest BCUT2D eigenvalue weighted by molar-refractivity contribution is -0.139. The molecule has 1 spiro atoms. The summed E-state index contributed by atoms with van der Waals surface area (Å²) in [7, 11) is 0. The summed E-state index contributed by atoms with van der Waals surface area (Å²) in [4.78, 5) is 39.5. The van der Waals surface area contributed by atoms with E-state index in [2.05, 4.69) is 10.6 Å². The molecule has 2 aliphatic heterocycles. The predicted molar refractivity (Wildman–Crippen MR) is 104 cm³/mol. The van der Waals surface area contributed by atoms with E-state index >= 15 is 0 Å². The van der Waals surface area contributed by atoms with Gasteiger partial charge in [0.1, 0.15) is 11.7 Å². The van der Waals surface area contributed by atoms with Gasteiger partial charge in [-0.2, -0.15) is 0 Å². The lowest BCUT2D eigenvalue weighted by Crippen LogP contribution is -2.52. The number of nitrogens with two attached hydrogens (primary N) is 1. The molecule has 9 heteroatoms. The molecule has 0 aromatic heterocycles. The Bertz CT molecular complexity index is 921. The van der Waals surface area contributed by atoms with Crippen LogP contribution in [0.4, 0.5) is 10.1 Å². The van der Waals surface area contributed by atoms with Crippen LogP contribution < -0.4 is 16.4 Å². The minimum Gasteiger partial charge on any atom is -0.368 e. The van der Waals surface area contributed by atoms with Crippen molar-refractivity contribution in [2.24, 2.45) is 5.73 Å². The number of halogens is 2. The van der Waals surface area contributed by atoms with Crippen molar-refractivity contribution < 1.29 is 22.9 Å². The van der Waals surface area contributed by atoms with Gasteiger partial charge in [-0.25, -0.2) is 4.39 Å². The van der Waals surface area contributed by atoms with Crippen molar-refractivity contribution >= 4 is 35.0 Å². The number of rotatable bonds is 5. The Balaban J connectivity index is 2.00. The second kappa shape index (κ2) is 7.00. The number of likely N-dealkylation sites (tertiary alicyclic amines) is 1. The van der Waals surface area contributed by atoms with Gasteiger partial charge in [-0.3, -0.25) is 14.4 Å². The van der Waals surface area contributed by atoms with Crippen LogP contribution in [0.5, 0.6) is 0 Å². The van der Waals surface area contributed by atoms with E-state index in [0.29, 0.717) is 16.3 Å². The number of benzene rings is 1. The van der Waals surface area contributed by atoms with Gasteiger partial charge in [-0.15, -0.1) is 0 Å². The zero-order chi connectivity index (χ0) is 23.4. The van der Waals surface area contributed by atoms with Crippen LogP contribution in [0.25, 0.3) is 0 Å². The lowest BCUT2D eigenvalue weighted by atomic mass is 9.79. The number of nitrogens with one attached hydrogen (secondary N) is 2. The smallest absolute Gasteiger partial charge is 0.240 e. The molecule has 0 radical (unpaired) electrons. The minimum atomic E-state index is -2.73. The predicted octanol–water partition coefficient (Wildman–Crippen LogP) is 1.34. The number of likely N-dealkylation sites (N-methyl/N-ethyl adjacent to an activating group) is 1. The van der Waals surface area contributed by atoms with Gasteiger partial charge in [-0.1, -0.05) is 11.6 Å². The Morgan fingerprint density at radius 2 is 2.29 bits per heavy atom. The molecule has 1 aromatic rings. The Labute approximate surface area is 172 Å².